The first-order chi connectivity index (χ1) is 11.2. The Morgan fingerprint density at radius 3 is 2.57 bits per heavy atom. The predicted molar refractivity (Wildman–Crippen MR) is 93.5 cm³/mol. The average Bonchev–Trinajstić information content (AvgIpc) is 2.61. The molecular formula is C18H18ClN3O. The highest BCUT2D eigenvalue weighted by atomic mass is 35.5. The van der Waals surface area contributed by atoms with Crippen molar-refractivity contribution in [2.75, 3.05) is 31.1 Å². The summed E-state index contributed by atoms with van der Waals surface area (Å²) in [6, 6.07) is 11.6. The number of benzene rings is 1. The first kappa shape index (κ1) is 15.6. The molecule has 0 N–H and O–H groups in total. The molecule has 0 saturated carbocycles. The van der Waals surface area contributed by atoms with Crippen LogP contribution in [-0.4, -0.2) is 42.0 Å². The van der Waals surface area contributed by atoms with Crippen LogP contribution in [-0.2, 0) is 4.79 Å². The van der Waals surface area contributed by atoms with Gasteiger partial charge in [0.15, 0.2) is 0 Å². The second-order valence-corrected chi connectivity index (χ2v) is 5.79. The van der Waals surface area contributed by atoms with Gasteiger partial charge >= 0.3 is 0 Å². The molecule has 1 amide bonds. The van der Waals surface area contributed by atoms with E-state index in [2.05, 4.69) is 9.88 Å². The van der Waals surface area contributed by atoms with Crippen LogP contribution in [0.1, 0.15) is 5.56 Å². The Labute approximate surface area is 141 Å². The van der Waals surface area contributed by atoms with Gasteiger partial charge < -0.3 is 9.80 Å². The summed E-state index contributed by atoms with van der Waals surface area (Å²) in [6.07, 6.45) is 6.87. The third-order valence-electron chi connectivity index (χ3n) is 3.89. The van der Waals surface area contributed by atoms with Crippen LogP contribution in [0.3, 0.4) is 0 Å². The van der Waals surface area contributed by atoms with E-state index in [1.54, 1.807) is 24.5 Å². The minimum Gasteiger partial charge on any atom is -0.367 e. The summed E-state index contributed by atoms with van der Waals surface area (Å²) in [7, 11) is 0. The molecule has 4 nitrogen and oxygen atoms in total. The highest BCUT2D eigenvalue weighted by Gasteiger charge is 2.20. The van der Waals surface area contributed by atoms with Gasteiger partial charge in [-0.25, -0.2) is 0 Å². The van der Waals surface area contributed by atoms with Crippen molar-refractivity contribution in [2.24, 2.45) is 0 Å². The van der Waals surface area contributed by atoms with Crippen molar-refractivity contribution < 1.29 is 4.79 Å². The van der Waals surface area contributed by atoms with E-state index in [0.717, 1.165) is 29.4 Å². The number of anilines is 1. The maximum absolute atomic E-state index is 12.3. The van der Waals surface area contributed by atoms with Crippen LogP contribution in [0.5, 0.6) is 0 Å². The zero-order valence-corrected chi connectivity index (χ0v) is 13.5. The third kappa shape index (κ3) is 3.90. The van der Waals surface area contributed by atoms with Gasteiger partial charge in [-0.1, -0.05) is 29.8 Å². The summed E-state index contributed by atoms with van der Waals surface area (Å²) in [5.41, 5.74) is 1.96. The van der Waals surface area contributed by atoms with Gasteiger partial charge in [-0.05, 0) is 29.8 Å². The lowest BCUT2D eigenvalue weighted by Crippen LogP contribution is -2.48. The van der Waals surface area contributed by atoms with E-state index in [-0.39, 0.29) is 5.91 Å². The molecule has 118 valence electrons. The van der Waals surface area contributed by atoms with E-state index < -0.39 is 0 Å². The van der Waals surface area contributed by atoms with Crippen molar-refractivity contribution in [3.8, 4) is 0 Å². The normalized spacial score (nSPS) is 15.2. The van der Waals surface area contributed by atoms with Crippen molar-refractivity contribution in [1.82, 2.24) is 9.88 Å². The Bertz CT molecular complexity index is 694. The number of carbonyl (C=O) groups excluding carboxylic acids is 1. The van der Waals surface area contributed by atoms with Gasteiger partial charge in [0.1, 0.15) is 0 Å². The van der Waals surface area contributed by atoms with Crippen molar-refractivity contribution in [3.05, 3.63) is 65.5 Å². The van der Waals surface area contributed by atoms with Crippen LogP contribution in [0, 0.1) is 0 Å². The van der Waals surface area contributed by atoms with E-state index in [1.807, 2.05) is 41.3 Å². The minimum atomic E-state index is 0.0349. The van der Waals surface area contributed by atoms with Gasteiger partial charge in [-0.15, -0.1) is 0 Å². The highest BCUT2D eigenvalue weighted by molar-refractivity contribution is 6.33. The highest BCUT2D eigenvalue weighted by Crippen LogP contribution is 2.26. The standard InChI is InChI=1S/C18H18ClN3O/c19-16-5-1-2-6-17(16)21-10-12-22(13-11-21)18(23)8-7-15-4-3-9-20-14-15/h1-9,14H,10-13H2/b8-7+. The van der Waals surface area contributed by atoms with Crippen LogP contribution in [0.4, 0.5) is 5.69 Å². The third-order valence-corrected chi connectivity index (χ3v) is 4.21. The van der Waals surface area contributed by atoms with Crippen molar-refractivity contribution in [2.45, 2.75) is 0 Å². The van der Waals surface area contributed by atoms with Gasteiger partial charge in [0, 0.05) is 44.6 Å². The second-order valence-electron chi connectivity index (χ2n) is 5.38. The summed E-state index contributed by atoms with van der Waals surface area (Å²) in [5.74, 6) is 0.0349. The molecule has 0 atom stereocenters. The van der Waals surface area contributed by atoms with Crippen molar-refractivity contribution in [3.63, 3.8) is 0 Å². The fraction of sp³-hybridized carbons (Fsp3) is 0.222. The van der Waals surface area contributed by atoms with Crippen LogP contribution >= 0.6 is 11.6 Å². The summed E-state index contributed by atoms with van der Waals surface area (Å²) in [6.45, 7) is 2.97. The quantitative estimate of drug-likeness (QED) is 0.813. The topological polar surface area (TPSA) is 36.4 Å². The molecule has 1 aromatic carbocycles. The molecule has 1 fully saturated rings. The van der Waals surface area contributed by atoms with E-state index in [1.165, 1.54) is 0 Å². The molecule has 1 aliphatic heterocycles. The Hall–Kier alpha value is -2.33. The lowest BCUT2D eigenvalue weighted by atomic mass is 10.2. The molecule has 1 saturated heterocycles. The molecular weight excluding hydrogens is 310 g/mol. The SMILES string of the molecule is O=C(/C=C/c1cccnc1)N1CCN(c2ccccc2Cl)CC1. The maximum atomic E-state index is 12.3. The Morgan fingerprint density at radius 1 is 1.09 bits per heavy atom. The number of nitrogens with zero attached hydrogens (tertiary/aromatic N) is 3. The molecule has 0 spiro atoms. The molecule has 5 heteroatoms. The molecule has 1 aliphatic rings. The maximum Gasteiger partial charge on any atom is 0.246 e. The molecule has 2 aromatic rings. The molecule has 0 unspecified atom stereocenters. The van der Waals surface area contributed by atoms with E-state index in [0.29, 0.717) is 13.1 Å². The number of pyridine rings is 1. The molecule has 23 heavy (non-hydrogen) atoms. The van der Waals surface area contributed by atoms with Gasteiger partial charge in [0.05, 0.1) is 10.7 Å². The number of para-hydroxylation sites is 1. The van der Waals surface area contributed by atoms with E-state index >= 15 is 0 Å². The molecule has 3 rings (SSSR count). The minimum absolute atomic E-state index is 0.0349. The molecule has 0 radical (unpaired) electrons. The predicted octanol–water partition coefficient (Wildman–Crippen LogP) is 3.10. The number of piperazine rings is 1. The number of halogens is 1. The Kier molecular flexibility index (Phi) is 4.93. The van der Waals surface area contributed by atoms with Crippen molar-refractivity contribution >= 4 is 29.3 Å². The molecule has 0 bridgehead atoms. The number of hydrogen-bond acceptors (Lipinski definition) is 3. The first-order valence-electron chi connectivity index (χ1n) is 7.60. The first-order valence-corrected chi connectivity index (χ1v) is 7.98. The Morgan fingerprint density at radius 2 is 1.87 bits per heavy atom. The fourth-order valence-electron chi connectivity index (χ4n) is 2.62. The van der Waals surface area contributed by atoms with Gasteiger partial charge in [-0.3, -0.25) is 9.78 Å². The zero-order valence-electron chi connectivity index (χ0n) is 12.7. The molecule has 0 aliphatic carbocycles. The van der Waals surface area contributed by atoms with Crippen LogP contribution in [0.2, 0.25) is 5.02 Å². The fourth-order valence-corrected chi connectivity index (χ4v) is 2.88. The van der Waals surface area contributed by atoms with Crippen LogP contribution < -0.4 is 4.90 Å². The lowest BCUT2D eigenvalue weighted by Gasteiger charge is -2.36. The summed E-state index contributed by atoms with van der Waals surface area (Å²) >= 11 is 6.23. The summed E-state index contributed by atoms with van der Waals surface area (Å²) in [5, 5.41) is 0.753. The molecule has 1 aromatic heterocycles. The van der Waals surface area contributed by atoms with Crippen molar-refractivity contribution in [1.29, 1.82) is 0 Å². The summed E-state index contributed by atoms with van der Waals surface area (Å²) < 4.78 is 0. The number of aromatic nitrogens is 1. The number of hydrogen-bond donors (Lipinski definition) is 0. The summed E-state index contributed by atoms with van der Waals surface area (Å²) in [4.78, 5) is 20.4. The van der Waals surface area contributed by atoms with Crippen LogP contribution in [0.15, 0.2) is 54.9 Å². The monoisotopic (exact) mass is 327 g/mol. The van der Waals surface area contributed by atoms with E-state index in [4.69, 9.17) is 11.6 Å². The van der Waals surface area contributed by atoms with E-state index in [9.17, 15) is 4.79 Å². The largest absolute Gasteiger partial charge is 0.367 e. The number of carbonyl (C=O) groups is 1. The van der Waals surface area contributed by atoms with Gasteiger partial charge in [0.2, 0.25) is 5.91 Å². The average molecular weight is 328 g/mol. The number of amides is 1. The lowest BCUT2D eigenvalue weighted by molar-refractivity contribution is -0.126. The van der Waals surface area contributed by atoms with Gasteiger partial charge in [-0.2, -0.15) is 0 Å². The van der Waals surface area contributed by atoms with Crippen LogP contribution in [0.25, 0.3) is 6.08 Å². The van der Waals surface area contributed by atoms with Gasteiger partial charge in [0.25, 0.3) is 0 Å². The Balaban J connectivity index is 1.57. The second kappa shape index (κ2) is 7.29. The number of rotatable bonds is 3. The smallest absolute Gasteiger partial charge is 0.246 e. The zero-order chi connectivity index (χ0) is 16.1. The molecule has 2 heterocycles.